The molecule has 0 aromatic heterocycles. The SMILES string of the molecule is CCC1OC(=O)CC(O)CC(O)CCCC(O)CC(O)CC2(O)CC(O)C(C(=O)O)C(CC(OC3OC(C)C(O)C(N)C3O)C=CC=CC=CC=CC=CC=CC=CC(C)C(O)C1C)O2. The molecule has 17 heteroatoms. The molecule has 2 fully saturated rings. The predicted octanol–water partition coefficient (Wildman–Crippen LogP) is 2.13. The standard InChI is InChI=1S/C48H75NO16/c1-5-38-30(3)43(56)29(2)19-16-14-12-10-8-6-7-9-11-13-15-17-22-36(63-47-45(58)42(49)44(57)31(4)62-47)26-39-41(46(59)60)37(54)28-48(61,65-39)27-35(53)24-33(51)21-18-20-32(50)23-34(52)25-40(55)64-38/h6-17,19,22,29-39,41-45,47,50-54,56-58,61H,5,18,20-21,23-28,49H2,1-4H3,(H,59,60). The number of ether oxygens (including phenoxy) is 4. The van der Waals surface area contributed by atoms with Gasteiger partial charge in [-0.15, -0.1) is 0 Å². The second-order valence-corrected chi connectivity index (χ2v) is 17.7. The Morgan fingerprint density at radius 2 is 1.28 bits per heavy atom. The van der Waals surface area contributed by atoms with Crippen LogP contribution in [0, 0.1) is 17.8 Å². The Morgan fingerprint density at radius 3 is 1.83 bits per heavy atom. The summed E-state index contributed by atoms with van der Waals surface area (Å²) in [6, 6.07) is -1.13. The first-order valence-corrected chi connectivity index (χ1v) is 22.8. The molecular weight excluding hydrogens is 847 g/mol. The number of aliphatic hydroxyl groups is 9. The summed E-state index contributed by atoms with van der Waals surface area (Å²) in [6.07, 6.45) is 8.46. The molecule has 3 rings (SSSR count). The number of carboxylic acid groups (broad SMARTS) is 1. The highest BCUT2D eigenvalue weighted by Crippen LogP contribution is 2.38. The monoisotopic (exact) mass is 922 g/mol. The van der Waals surface area contributed by atoms with Crippen LogP contribution in [0.5, 0.6) is 0 Å². The van der Waals surface area contributed by atoms with E-state index in [9.17, 15) is 60.7 Å². The van der Waals surface area contributed by atoms with Gasteiger partial charge >= 0.3 is 11.9 Å². The number of aliphatic hydroxyl groups excluding tert-OH is 8. The average molecular weight is 922 g/mol. The largest absolute Gasteiger partial charge is 0.481 e. The van der Waals surface area contributed by atoms with E-state index in [2.05, 4.69) is 0 Å². The number of esters is 1. The number of aliphatic carboxylic acids is 1. The van der Waals surface area contributed by atoms with Crippen LogP contribution in [0.15, 0.2) is 85.1 Å². The molecule has 0 aliphatic carbocycles. The fourth-order valence-electron chi connectivity index (χ4n) is 8.36. The lowest BCUT2D eigenvalue weighted by Crippen LogP contribution is -2.61. The molecule has 12 N–H and O–H groups in total. The number of nitrogens with two attached hydrogens (primary N) is 1. The van der Waals surface area contributed by atoms with E-state index >= 15 is 0 Å². The maximum absolute atomic E-state index is 12.8. The van der Waals surface area contributed by atoms with Gasteiger partial charge in [-0.3, -0.25) is 9.59 Å². The molecule has 0 saturated carbocycles. The molecule has 2 saturated heterocycles. The highest BCUT2D eigenvalue weighted by molar-refractivity contribution is 5.71. The van der Waals surface area contributed by atoms with E-state index in [-0.39, 0.29) is 50.9 Å². The number of rotatable bonds is 4. The predicted molar refractivity (Wildman–Crippen MR) is 240 cm³/mol. The number of carbonyl (C=O) groups is 2. The van der Waals surface area contributed by atoms with Gasteiger partial charge in [-0.05, 0) is 45.4 Å². The first-order valence-electron chi connectivity index (χ1n) is 22.8. The molecular formula is C48H75NO16. The second kappa shape index (κ2) is 28.1. The van der Waals surface area contributed by atoms with E-state index in [4.69, 9.17) is 24.7 Å². The third-order valence-electron chi connectivity index (χ3n) is 12.1. The zero-order valence-corrected chi connectivity index (χ0v) is 38.0. The van der Waals surface area contributed by atoms with Crippen molar-refractivity contribution in [3.63, 3.8) is 0 Å². The minimum Gasteiger partial charge on any atom is -0.481 e. The Morgan fingerprint density at radius 1 is 0.738 bits per heavy atom. The van der Waals surface area contributed by atoms with Gasteiger partial charge in [0.2, 0.25) is 0 Å². The molecule has 18 unspecified atom stereocenters. The van der Waals surface area contributed by atoms with Gasteiger partial charge in [-0.25, -0.2) is 0 Å². The average Bonchev–Trinajstić information content (AvgIpc) is 3.22. The van der Waals surface area contributed by atoms with Crippen molar-refractivity contribution in [3.8, 4) is 0 Å². The number of allylic oxidation sites excluding steroid dienone is 12. The summed E-state index contributed by atoms with van der Waals surface area (Å²) in [4.78, 5) is 25.2. The number of carbonyl (C=O) groups excluding carboxylic acids is 1. The number of hydrogen-bond acceptors (Lipinski definition) is 16. The van der Waals surface area contributed by atoms with Gasteiger partial charge in [0, 0.05) is 31.1 Å². The van der Waals surface area contributed by atoms with Crippen molar-refractivity contribution in [2.75, 3.05) is 0 Å². The number of hydrogen-bond donors (Lipinski definition) is 11. The zero-order valence-electron chi connectivity index (χ0n) is 38.0. The van der Waals surface area contributed by atoms with E-state index in [0.29, 0.717) is 6.42 Å². The molecule has 3 aliphatic rings. The number of cyclic esters (lactones) is 1. The van der Waals surface area contributed by atoms with Crippen molar-refractivity contribution in [2.24, 2.45) is 23.5 Å². The first kappa shape index (κ1) is 55.9. The molecule has 17 nitrogen and oxygen atoms in total. The Kier molecular flexibility index (Phi) is 24.1. The Hall–Kier alpha value is -3.40. The lowest BCUT2D eigenvalue weighted by Gasteiger charge is -2.45. The summed E-state index contributed by atoms with van der Waals surface area (Å²) >= 11 is 0. The van der Waals surface area contributed by atoms with E-state index in [0.717, 1.165) is 0 Å². The third kappa shape index (κ3) is 19.0. The lowest BCUT2D eigenvalue weighted by atomic mass is 9.82. The fraction of sp³-hybridized carbons (Fsp3) is 0.667. The van der Waals surface area contributed by atoms with Gasteiger partial charge in [-0.1, -0.05) is 106 Å². The third-order valence-corrected chi connectivity index (χ3v) is 12.1. The van der Waals surface area contributed by atoms with Crippen LogP contribution in [0.1, 0.15) is 91.9 Å². The quantitative estimate of drug-likeness (QED) is 0.180. The van der Waals surface area contributed by atoms with Crippen LogP contribution in [0.4, 0.5) is 0 Å². The first-order chi connectivity index (χ1) is 30.7. The summed E-state index contributed by atoms with van der Waals surface area (Å²) in [5.41, 5.74) is 6.03. The normalized spacial score (nSPS) is 40.9. The van der Waals surface area contributed by atoms with Crippen molar-refractivity contribution in [2.45, 2.75) is 183 Å². The number of fused-ring (bicyclic) bond motifs is 2. The molecule has 65 heavy (non-hydrogen) atoms. The van der Waals surface area contributed by atoms with Gasteiger partial charge in [0.15, 0.2) is 12.1 Å². The van der Waals surface area contributed by atoms with E-state index in [1.54, 1.807) is 56.4 Å². The Bertz CT molecular complexity index is 1650. The smallest absolute Gasteiger partial charge is 0.311 e. The van der Waals surface area contributed by atoms with Gasteiger partial charge in [0.05, 0.1) is 73.5 Å². The highest BCUT2D eigenvalue weighted by atomic mass is 16.7. The van der Waals surface area contributed by atoms with Gasteiger partial charge in [0.25, 0.3) is 0 Å². The molecule has 0 radical (unpaired) electrons. The molecule has 0 amide bonds. The molecule has 0 aromatic carbocycles. The van der Waals surface area contributed by atoms with Crippen molar-refractivity contribution in [3.05, 3.63) is 85.1 Å². The van der Waals surface area contributed by atoms with Crippen LogP contribution >= 0.6 is 0 Å². The molecule has 18 atom stereocenters. The van der Waals surface area contributed by atoms with Crippen molar-refractivity contribution in [1.82, 2.24) is 0 Å². The zero-order chi connectivity index (χ0) is 48.3. The minimum absolute atomic E-state index is 0.123. The van der Waals surface area contributed by atoms with E-state index in [1.165, 1.54) is 0 Å². The highest BCUT2D eigenvalue weighted by Gasteiger charge is 2.51. The maximum atomic E-state index is 12.8. The Balaban J connectivity index is 1.84. The van der Waals surface area contributed by atoms with Crippen LogP contribution in [-0.4, -0.2) is 154 Å². The molecule has 0 spiro atoms. The van der Waals surface area contributed by atoms with Crippen molar-refractivity contribution in [1.29, 1.82) is 0 Å². The summed E-state index contributed by atoms with van der Waals surface area (Å²) in [7, 11) is 0. The van der Waals surface area contributed by atoms with Crippen molar-refractivity contribution < 1.29 is 79.6 Å². The van der Waals surface area contributed by atoms with Crippen molar-refractivity contribution >= 4 is 11.9 Å². The van der Waals surface area contributed by atoms with Gasteiger partial charge < -0.3 is 75.7 Å². The van der Waals surface area contributed by atoms with E-state index < -0.39 is 128 Å². The number of carboxylic acids is 1. The summed E-state index contributed by atoms with van der Waals surface area (Å²) in [5.74, 6) is -6.52. The molecule has 0 aromatic rings. The van der Waals surface area contributed by atoms with Crippen LogP contribution in [0.3, 0.4) is 0 Å². The molecule has 2 bridgehead atoms. The van der Waals surface area contributed by atoms with Crippen LogP contribution in [0.2, 0.25) is 0 Å². The van der Waals surface area contributed by atoms with E-state index in [1.807, 2.05) is 56.4 Å². The molecule has 3 aliphatic heterocycles. The summed E-state index contributed by atoms with van der Waals surface area (Å²) < 4.78 is 23.4. The summed E-state index contributed by atoms with van der Waals surface area (Å²) in [5, 5.41) is 108. The topological polar surface area (TPSA) is 299 Å². The minimum atomic E-state index is -2.23. The van der Waals surface area contributed by atoms with Crippen LogP contribution in [0.25, 0.3) is 0 Å². The lowest BCUT2D eigenvalue weighted by molar-refractivity contribution is -0.308. The van der Waals surface area contributed by atoms with Crippen LogP contribution in [-0.2, 0) is 28.5 Å². The molecule has 3 heterocycles. The Labute approximate surface area is 382 Å². The second-order valence-electron chi connectivity index (χ2n) is 17.7. The summed E-state index contributed by atoms with van der Waals surface area (Å²) in [6.45, 7) is 7.04. The maximum Gasteiger partial charge on any atom is 0.311 e. The van der Waals surface area contributed by atoms with Gasteiger partial charge in [0.1, 0.15) is 18.1 Å². The van der Waals surface area contributed by atoms with Gasteiger partial charge in [-0.2, -0.15) is 0 Å². The van der Waals surface area contributed by atoms with Crippen LogP contribution < -0.4 is 5.73 Å². The fourth-order valence-corrected chi connectivity index (χ4v) is 8.36. The molecule has 368 valence electrons.